The maximum Gasteiger partial charge on any atom is 0.573 e. The predicted molar refractivity (Wildman–Crippen MR) is 63.1 cm³/mol. The van der Waals surface area contributed by atoms with Gasteiger partial charge in [0.2, 0.25) is 0 Å². The van der Waals surface area contributed by atoms with Crippen LogP contribution in [-0.2, 0) is 5.92 Å². The maximum absolute atomic E-state index is 13.4. The van der Waals surface area contributed by atoms with Gasteiger partial charge < -0.3 is 9.72 Å². The predicted octanol–water partition coefficient (Wildman–Crippen LogP) is 3.10. The molecule has 1 N–H and O–H groups in total. The van der Waals surface area contributed by atoms with Crippen molar-refractivity contribution in [3.8, 4) is 5.75 Å². The van der Waals surface area contributed by atoms with Gasteiger partial charge in [0, 0.05) is 6.07 Å². The molecule has 9 heteroatoms. The Morgan fingerprint density at radius 1 is 1.24 bits per heavy atom. The van der Waals surface area contributed by atoms with E-state index in [1.165, 1.54) is 0 Å². The second kappa shape index (κ2) is 4.83. The molecule has 0 atom stereocenters. The average Bonchev–Trinajstić information content (AvgIpc) is 2.35. The number of aromatic amines is 1. The molecule has 0 fully saturated rings. The van der Waals surface area contributed by atoms with Crippen molar-refractivity contribution in [3.63, 3.8) is 0 Å². The van der Waals surface area contributed by atoms with Crippen molar-refractivity contribution in [1.29, 1.82) is 0 Å². The lowest BCUT2D eigenvalue weighted by Crippen LogP contribution is -2.25. The van der Waals surface area contributed by atoms with Gasteiger partial charge in [-0.1, -0.05) is 6.58 Å². The summed E-state index contributed by atoms with van der Waals surface area (Å²) in [5, 5.41) is 0. The number of alkyl halides is 5. The first kappa shape index (κ1) is 14.9. The maximum atomic E-state index is 13.4. The lowest BCUT2D eigenvalue weighted by atomic mass is 10.2. The van der Waals surface area contributed by atoms with Crippen LogP contribution >= 0.6 is 0 Å². The van der Waals surface area contributed by atoms with Gasteiger partial charge in [-0.05, 0) is 18.2 Å². The summed E-state index contributed by atoms with van der Waals surface area (Å²) in [4.78, 5) is 17.0. The zero-order valence-electron chi connectivity index (χ0n) is 10.2. The third-order valence-electron chi connectivity index (χ3n) is 2.47. The summed E-state index contributed by atoms with van der Waals surface area (Å²) in [6, 6.07) is 2.76. The fraction of sp³-hybridized carbons (Fsp3) is 0.167. The van der Waals surface area contributed by atoms with Crippen molar-refractivity contribution >= 4 is 11.0 Å². The Morgan fingerprint density at radius 2 is 1.90 bits per heavy atom. The third kappa shape index (κ3) is 3.18. The SMILES string of the molecule is C=CC(F)(F)c1nc2ccc(OC(F)(F)F)cc2[nH]c1=O. The van der Waals surface area contributed by atoms with E-state index in [1.807, 2.05) is 4.98 Å². The molecule has 0 aliphatic carbocycles. The number of hydrogen-bond donors (Lipinski definition) is 1. The van der Waals surface area contributed by atoms with Crippen molar-refractivity contribution in [3.05, 3.63) is 46.9 Å². The molecule has 4 nitrogen and oxygen atoms in total. The van der Waals surface area contributed by atoms with Crippen LogP contribution in [-0.4, -0.2) is 16.3 Å². The van der Waals surface area contributed by atoms with Gasteiger partial charge >= 0.3 is 12.3 Å². The van der Waals surface area contributed by atoms with E-state index in [2.05, 4.69) is 16.3 Å². The van der Waals surface area contributed by atoms with Gasteiger partial charge in [-0.3, -0.25) is 4.79 Å². The molecule has 0 radical (unpaired) electrons. The Kier molecular flexibility index (Phi) is 3.44. The molecular weight excluding hydrogens is 299 g/mol. The summed E-state index contributed by atoms with van der Waals surface area (Å²) in [5.41, 5.74) is -2.59. The largest absolute Gasteiger partial charge is 0.573 e. The lowest BCUT2D eigenvalue weighted by Gasteiger charge is -2.11. The Morgan fingerprint density at radius 3 is 2.48 bits per heavy atom. The Bertz CT molecular complexity index is 751. The van der Waals surface area contributed by atoms with E-state index >= 15 is 0 Å². The van der Waals surface area contributed by atoms with E-state index in [0.29, 0.717) is 0 Å². The van der Waals surface area contributed by atoms with Gasteiger partial charge in [-0.2, -0.15) is 8.78 Å². The standard InChI is InChI=1S/C12H7F5N2O2/c1-2-11(13,14)9-10(20)19-8-5-6(21-12(15,16)17)3-4-7(8)18-9/h2-5H,1H2,(H,19,20). The van der Waals surface area contributed by atoms with Crippen LogP contribution in [0.4, 0.5) is 22.0 Å². The summed E-state index contributed by atoms with van der Waals surface area (Å²) >= 11 is 0. The first-order valence-electron chi connectivity index (χ1n) is 5.44. The van der Waals surface area contributed by atoms with Crippen molar-refractivity contribution in [2.75, 3.05) is 0 Å². The van der Waals surface area contributed by atoms with Crippen LogP contribution in [0, 0.1) is 0 Å². The van der Waals surface area contributed by atoms with Gasteiger partial charge in [0.1, 0.15) is 5.75 Å². The summed E-state index contributed by atoms with van der Waals surface area (Å²) in [6.07, 6.45) is -4.66. The molecule has 0 amide bonds. The van der Waals surface area contributed by atoms with Crippen LogP contribution in [0.5, 0.6) is 5.75 Å². The number of allylic oxidation sites excluding steroid dienone is 1. The van der Waals surface area contributed by atoms with Gasteiger partial charge in [0.15, 0.2) is 5.69 Å². The number of benzene rings is 1. The molecule has 2 rings (SSSR count). The summed E-state index contributed by atoms with van der Waals surface area (Å²) in [5.74, 6) is -4.25. The van der Waals surface area contributed by atoms with Crippen molar-refractivity contribution in [1.82, 2.24) is 9.97 Å². The number of halogens is 5. The Labute approximate surface area is 113 Å². The summed E-state index contributed by atoms with van der Waals surface area (Å²) in [7, 11) is 0. The van der Waals surface area contributed by atoms with Crippen LogP contribution in [0.1, 0.15) is 5.69 Å². The van der Waals surface area contributed by atoms with Gasteiger partial charge in [0.05, 0.1) is 11.0 Å². The molecule has 0 saturated carbocycles. The minimum absolute atomic E-state index is 0.111. The first-order chi connectivity index (χ1) is 9.62. The minimum atomic E-state index is -4.91. The molecule has 112 valence electrons. The molecule has 0 aliphatic heterocycles. The van der Waals surface area contributed by atoms with Crippen LogP contribution in [0.2, 0.25) is 0 Å². The summed E-state index contributed by atoms with van der Waals surface area (Å²) < 4.78 is 66.7. The Balaban J connectivity index is 2.55. The number of aromatic nitrogens is 2. The second-order valence-corrected chi connectivity index (χ2v) is 3.97. The van der Waals surface area contributed by atoms with Gasteiger partial charge in [0.25, 0.3) is 5.56 Å². The van der Waals surface area contributed by atoms with Crippen LogP contribution in [0.15, 0.2) is 35.6 Å². The highest BCUT2D eigenvalue weighted by atomic mass is 19.4. The lowest BCUT2D eigenvalue weighted by molar-refractivity contribution is -0.274. The third-order valence-corrected chi connectivity index (χ3v) is 2.47. The van der Waals surface area contributed by atoms with Crippen LogP contribution in [0.25, 0.3) is 11.0 Å². The van der Waals surface area contributed by atoms with Crippen LogP contribution in [0.3, 0.4) is 0 Å². The Hall–Kier alpha value is -2.45. The molecule has 1 heterocycles. The number of nitrogens with zero attached hydrogens (tertiary/aromatic N) is 1. The number of fused-ring (bicyclic) bond motifs is 1. The van der Waals surface area contributed by atoms with Gasteiger partial charge in [-0.15, -0.1) is 13.2 Å². The first-order valence-corrected chi connectivity index (χ1v) is 5.44. The fourth-order valence-electron chi connectivity index (χ4n) is 1.59. The van der Waals surface area contributed by atoms with Crippen molar-refractivity contribution in [2.24, 2.45) is 0 Å². The van der Waals surface area contributed by atoms with Gasteiger partial charge in [-0.25, -0.2) is 4.98 Å². The molecule has 0 aliphatic rings. The van der Waals surface area contributed by atoms with E-state index in [0.717, 1.165) is 18.2 Å². The average molecular weight is 306 g/mol. The minimum Gasteiger partial charge on any atom is -0.406 e. The second-order valence-electron chi connectivity index (χ2n) is 3.97. The van der Waals surface area contributed by atoms with E-state index in [4.69, 9.17) is 0 Å². The molecule has 0 spiro atoms. The molecule has 0 saturated heterocycles. The van der Waals surface area contributed by atoms with E-state index in [9.17, 15) is 26.7 Å². The summed E-state index contributed by atoms with van der Waals surface area (Å²) in [6.45, 7) is 2.90. The molecule has 21 heavy (non-hydrogen) atoms. The molecule has 2 aromatic rings. The number of rotatable bonds is 3. The van der Waals surface area contributed by atoms with E-state index in [1.54, 1.807) is 0 Å². The monoisotopic (exact) mass is 306 g/mol. The highest BCUT2D eigenvalue weighted by molar-refractivity contribution is 5.75. The highest BCUT2D eigenvalue weighted by Gasteiger charge is 2.33. The number of ether oxygens (including phenoxy) is 1. The molecule has 0 bridgehead atoms. The highest BCUT2D eigenvalue weighted by Crippen LogP contribution is 2.28. The van der Waals surface area contributed by atoms with Crippen molar-refractivity contribution < 1.29 is 26.7 Å². The zero-order valence-corrected chi connectivity index (χ0v) is 10.2. The smallest absolute Gasteiger partial charge is 0.406 e. The fourth-order valence-corrected chi connectivity index (χ4v) is 1.59. The molecule has 1 aromatic heterocycles. The van der Waals surface area contributed by atoms with Crippen LogP contribution < -0.4 is 10.3 Å². The zero-order chi connectivity index (χ0) is 15.8. The quantitative estimate of drug-likeness (QED) is 0.700. The molecule has 0 unspecified atom stereocenters. The normalized spacial score (nSPS) is 12.4. The molecule has 1 aromatic carbocycles. The van der Waals surface area contributed by atoms with Crippen molar-refractivity contribution in [2.45, 2.75) is 12.3 Å². The molecular formula is C12H7F5N2O2. The topological polar surface area (TPSA) is 55.0 Å². The van der Waals surface area contributed by atoms with E-state index < -0.39 is 29.3 Å². The number of H-pyrrole nitrogens is 1. The number of nitrogens with one attached hydrogen (secondary N) is 1. The van der Waals surface area contributed by atoms with E-state index in [-0.39, 0.29) is 17.1 Å². The number of hydrogen-bond acceptors (Lipinski definition) is 3.